The summed E-state index contributed by atoms with van der Waals surface area (Å²) < 4.78 is 5.11. The van der Waals surface area contributed by atoms with Crippen LogP contribution in [0.25, 0.3) is 0 Å². The number of benzene rings is 1. The number of aryl methyl sites for hydroxylation is 1. The summed E-state index contributed by atoms with van der Waals surface area (Å²) in [6.07, 6.45) is 2.83. The lowest BCUT2D eigenvalue weighted by atomic mass is 9.90. The van der Waals surface area contributed by atoms with E-state index in [2.05, 4.69) is 29.9 Å². The quantitative estimate of drug-likeness (QED) is 0.585. The Morgan fingerprint density at radius 3 is 2.32 bits per heavy atom. The zero-order valence-corrected chi connectivity index (χ0v) is 15.4. The van der Waals surface area contributed by atoms with Gasteiger partial charge in [-0.15, -0.1) is 0 Å². The third kappa shape index (κ3) is 4.72. The van der Waals surface area contributed by atoms with E-state index in [1.165, 1.54) is 18.0 Å². The summed E-state index contributed by atoms with van der Waals surface area (Å²) in [5, 5.41) is 0. The number of esters is 1. The van der Waals surface area contributed by atoms with Gasteiger partial charge in [0, 0.05) is 11.8 Å². The van der Waals surface area contributed by atoms with Gasteiger partial charge in [-0.1, -0.05) is 45.9 Å². The van der Waals surface area contributed by atoms with Crippen molar-refractivity contribution >= 4 is 11.8 Å². The standard InChI is InChI=1S/C20H24N2O3/c1-12(2)15-6-7-16(17(8-15)13(3)4)19(23)11-25-20(24)18-10-21-14(5)9-22-18/h6-10,12-13H,11H2,1-5H3. The van der Waals surface area contributed by atoms with E-state index < -0.39 is 5.97 Å². The van der Waals surface area contributed by atoms with Crippen molar-refractivity contribution < 1.29 is 14.3 Å². The van der Waals surface area contributed by atoms with Crippen molar-refractivity contribution in [3.63, 3.8) is 0 Å². The number of hydrogen-bond acceptors (Lipinski definition) is 5. The van der Waals surface area contributed by atoms with Crippen molar-refractivity contribution in [2.45, 2.75) is 46.5 Å². The van der Waals surface area contributed by atoms with Crippen LogP contribution in [0.1, 0.15) is 77.2 Å². The number of nitrogens with zero attached hydrogens (tertiary/aromatic N) is 2. The Morgan fingerprint density at radius 2 is 1.76 bits per heavy atom. The van der Waals surface area contributed by atoms with E-state index in [1.807, 2.05) is 26.0 Å². The molecule has 5 heteroatoms. The van der Waals surface area contributed by atoms with Gasteiger partial charge < -0.3 is 4.74 Å². The maximum Gasteiger partial charge on any atom is 0.358 e. The van der Waals surface area contributed by atoms with Crippen LogP contribution in [0.4, 0.5) is 0 Å². The molecule has 0 radical (unpaired) electrons. The van der Waals surface area contributed by atoms with E-state index in [4.69, 9.17) is 4.74 Å². The zero-order chi connectivity index (χ0) is 18.6. The molecule has 2 rings (SSSR count). The van der Waals surface area contributed by atoms with Crippen LogP contribution >= 0.6 is 0 Å². The molecule has 1 aromatic heterocycles. The van der Waals surface area contributed by atoms with Gasteiger partial charge in [0.15, 0.2) is 12.3 Å². The largest absolute Gasteiger partial charge is 0.453 e. The van der Waals surface area contributed by atoms with Crippen LogP contribution in [0.5, 0.6) is 0 Å². The van der Waals surface area contributed by atoms with Crippen LogP contribution in [0.2, 0.25) is 0 Å². The Hall–Kier alpha value is -2.56. The van der Waals surface area contributed by atoms with E-state index in [0.717, 1.165) is 5.56 Å². The van der Waals surface area contributed by atoms with Crippen molar-refractivity contribution in [2.75, 3.05) is 6.61 Å². The van der Waals surface area contributed by atoms with Crippen LogP contribution in [0.3, 0.4) is 0 Å². The Balaban J connectivity index is 2.12. The van der Waals surface area contributed by atoms with Gasteiger partial charge in [-0.3, -0.25) is 9.78 Å². The van der Waals surface area contributed by atoms with Crippen molar-refractivity contribution in [2.24, 2.45) is 0 Å². The Kier molecular flexibility index (Phi) is 6.02. The molecular formula is C20H24N2O3. The molecule has 0 unspecified atom stereocenters. The average Bonchev–Trinajstić information content (AvgIpc) is 2.59. The van der Waals surface area contributed by atoms with E-state index >= 15 is 0 Å². The normalized spacial score (nSPS) is 11.0. The van der Waals surface area contributed by atoms with Gasteiger partial charge in [0.25, 0.3) is 0 Å². The average molecular weight is 340 g/mol. The second-order valence-electron chi connectivity index (χ2n) is 6.70. The summed E-state index contributed by atoms with van der Waals surface area (Å²) in [6.45, 7) is 9.79. The minimum absolute atomic E-state index is 0.0950. The summed E-state index contributed by atoms with van der Waals surface area (Å²) in [6, 6.07) is 5.85. The van der Waals surface area contributed by atoms with Crippen LogP contribution in [0.15, 0.2) is 30.6 Å². The molecular weight excluding hydrogens is 316 g/mol. The predicted molar refractivity (Wildman–Crippen MR) is 96.0 cm³/mol. The van der Waals surface area contributed by atoms with Crippen molar-refractivity contribution in [1.29, 1.82) is 0 Å². The van der Waals surface area contributed by atoms with Gasteiger partial charge in [-0.25, -0.2) is 9.78 Å². The lowest BCUT2D eigenvalue weighted by molar-refractivity contribution is 0.0468. The molecule has 25 heavy (non-hydrogen) atoms. The summed E-state index contributed by atoms with van der Waals surface area (Å²) in [7, 11) is 0. The molecule has 0 aliphatic carbocycles. The highest BCUT2D eigenvalue weighted by Gasteiger charge is 2.18. The highest BCUT2D eigenvalue weighted by Crippen LogP contribution is 2.25. The van der Waals surface area contributed by atoms with Gasteiger partial charge >= 0.3 is 5.97 Å². The number of ether oxygens (including phenoxy) is 1. The van der Waals surface area contributed by atoms with Gasteiger partial charge in [0.1, 0.15) is 0 Å². The summed E-state index contributed by atoms with van der Waals surface area (Å²) in [5.74, 6) is -0.269. The summed E-state index contributed by atoms with van der Waals surface area (Å²) in [4.78, 5) is 32.5. The van der Waals surface area contributed by atoms with E-state index in [9.17, 15) is 9.59 Å². The highest BCUT2D eigenvalue weighted by molar-refractivity contribution is 6.00. The third-order valence-electron chi connectivity index (χ3n) is 3.99. The molecule has 1 heterocycles. The smallest absolute Gasteiger partial charge is 0.358 e. The number of rotatable bonds is 6. The molecule has 0 spiro atoms. The molecule has 0 atom stereocenters. The molecule has 0 saturated heterocycles. The van der Waals surface area contributed by atoms with E-state index in [1.54, 1.807) is 6.92 Å². The van der Waals surface area contributed by atoms with Crippen molar-refractivity contribution in [3.8, 4) is 0 Å². The molecule has 1 aromatic carbocycles. The highest BCUT2D eigenvalue weighted by atomic mass is 16.5. The molecule has 0 saturated carbocycles. The second kappa shape index (κ2) is 8.01. The number of carbonyl (C=O) groups is 2. The molecule has 0 aliphatic rings. The van der Waals surface area contributed by atoms with Crippen LogP contribution in [-0.2, 0) is 4.74 Å². The maximum absolute atomic E-state index is 12.5. The topological polar surface area (TPSA) is 69.2 Å². The lowest BCUT2D eigenvalue weighted by Gasteiger charge is -2.15. The van der Waals surface area contributed by atoms with Gasteiger partial charge in [-0.2, -0.15) is 0 Å². The Morgan fingerprint density at radius 1 is 1.04 bits per heavy atom. The number of carbonyl (C=O) groups excluding carboxylic acids is 2. The molecule has 132 valence electrons. The summed E-state index contributed by atoms with van der Waals surface area (Å²) in [5.41, 5.74) is 3.56. The molecule has 0 N–H and O–H groups in total. The van der Waals surface area contributed by atoms with Crippen LogP contribution in [0, 0.1) is 6.92 Å². The molecule has 5 nitrogen and oxygen atoms in total. The minimum Gasteiger partial charge on any atom is -0.453 e. The fraction of sp³-hybridized carbons (Fsp3) is 0.400. The van der Waals surface area contributed by atoms with Crippen molar-refractivity contribution in [3.05, 3.63) is 58.7 Å². The fourth-order valence-electron chi connectivity index (χ4n) is 2.45. The zero-order valence-electron chi connectivity index (χ0n) is 15.4. The fourth-order valence-corrected chi connectivity index (χ4v) is 2.45. The molecule has 2 aromatic rings. The number of ketones is 1. The number of Topliss-reactive ketones (excluding diaryl/α,β-unsaturated/α-hetero) is 1. The first-order valence-electron chi connectivity index (χ1n) is 8.42. The Labute approximate surface area is 148 Å². The molecule has 0 aliphatic heterocycles. The van der Waals surface area contributed by atoms with E-state index in [0.29, 0.717) is 17.2 Å². The predicted octanol–water partition coefficient (Wildman–Crippen LogP) is 4.07. The van der Waals surface area contributed by atoms with Gasteiger partial charge in [0.05, 0.1) is 11.9 Å². The maximum atomic E-state index is 12.5. The first kappa shape index (κ1) is 18.8. The van der Waals surface area contributed by atoms with E-state index in [-0.39, 0.29) is 24.0 Å². The minimum atomic E-state index is -0.647. The molecule has 0 amide bonds. The van der Waals surface area contributed by atoms with Crippen LogP contribution in [-0.4, -0.2) is 28.3 Å². The summed E-state index contributed by atoms with van der Waals surface area (Å²) >= 11 is 0. The monoisotopic (exact) mass is 340 g/mol. The first-order chi connectivity index (χ1) is 11.8. The second-order valence-corrected chi connectivity index (χ2v) is 6.70. The van der Waals surface area contributed by atoms with Crippen LogP contribution < -0.4 is 0 Å². The molecule has 0 bridgehead atoms. The molecule has 0 fully saturated rings. The number of hydrogen-bond donors (Lipinski definition) is 0. The lowest BCUT2D eigenvalue weighted by Crippen LogP contribution is -2.17. The van der Waals surface area contributed by atoms with Crippen molar-refractivity contribution in [1.82, 2.24) is 9.97 Å². The third-order valence-corrected chi connectivity index (χ3v) is 3.99. The first-order valence-corrected chi connectivity index (χ1v) is 8.42. The SMILES string of the molecule is Cc1cnc(C(=O)OCC(=O)c2ccc(C(C)C)cc2C(C)C)cn1. The van der Waals surface area contributed by atoms with Gasteiger partial charge in [-0.05, 0) is 29.9 Å². The van der Waals surface area contributed by atoms with Gasteiger partial charge in [0.2, 0.25) is 5.78 Å². The Bertz CT molecular complexity index is 765. The number of aromatic nitrogens is 2.